The quantitative estimate of drug-likeness (QED) is 0.579. The smallest absolute Gasteiger partial charge is 0.00955 e. The van der Waals surface area contributed by atoms with Gasteiger partial charge in [-0.05, 0) is 31.1 Å². The van der Waals surface area contributed by atoms with Gasteiger partial charge in [0.05, 0.1) is 0 Å². The van der Waals surface area contributed by atoms with E-state index in [4.69, 9.17) is 5.73 Å². The van der Waals surface area contributed by atoms with Crippen molar-refractivity contribution in [3.63, 3.8) is 0 Å². The molecule has 0 aliphatic heterocycles. The fourth-order valence-corrected chi connectivity index (χ4v) is 2.42. The van der Waals surface area contributed by atoms with E-state index in [-0.39, 0.29) is 12.4 Å². The SMILES string of the molecule is Cl.NC1CCCC12CCC2. The topological polar surface area (TPSA) is 26.0 Å². The zero-order chi connectivity index (χ0) is 6.32. The third-order valence-electron chi connectivity index (χ3n) is 3.33. The molecule has 2 N–H and O–H groups in total. The summed E-state index contributed by atoms with van der Waals surface area (Å²) >= 11 is 0. The van der Waals surface area contributed by atoms with Gasteiger partial charge in [0.25, 0.3) is 0 Å². The molecule has 0 aromatic heterocycles. The van der Waals surface area contributed by atoms with E-state index in [1.54, 1.807) is 0 Å². The molecule has 1 unspecified atom stereocenters. The van der Waals surface area contributed by atoms with Gasteiger partial charge in [0, 0.05) is 6.04 Å². The first kappa shape index (κ1) is 8.35. The van der Waals surface area contributed by atoms with Crippen molar-refractivity contribution >= 4 is 12.4 Å². The van der Waals surface area contributed by atoms with Gasteiger partial charge in [-0.25, -0.2) is 0 Å². The third kappa shape index (κ3) is 0.960. The van der Waals surface area contributed by atoms with E-state index in [2.05, 4.69) is 0 Å². The van der Waals surface area contributed by atoms with E-state index in [0.717, 1.165) is 0 Å². The first-order valence-corrected chi connectivity index (χ1v) is 4.09. The second-order valence-electron chi connectivity index (χ2n) is 3.71. The van der Waals surface area contributed by atoms with Gasteiger partial charge < -0.3 is 5.73 Å². The molecule has 1 atom stereocenters. The number of nitrogens with two attached hydrogens (primary N) is 1. The van der Waals surface area contributed by atoms with Crippen molar-refractivity contribution in [2.45, 2.75) is 44.6 Å². The zero-order valence-electron chi connectivity index (χ0n) is 6.31. The van der Waals surface area contributed by atoms with Crippen molar-refractivity contribution < 1.29 is 0 Å². The van der Waals surface area contributed by atoms with Crippen LogP contribution in [0.1, 0.15) is 38.5 Å². The summed E-state index contributed by atoms with van der Waals surface area (Å²) in [4.78, 5) is 0. The van der Waals surface area contributed by atoms with E-state index in [1.165, 1.54) is 38.5 Å². The van der Waals surface area contributed by atoms with Crippen LogP contribution >= 0.6 is 12.4 Å². The van der Waals surface area contributed by atoms with Gasteiger partial charge in [-0.2, -0.15) is 0 Å². The van der Waals surface area contributed by atoms with Crippen LogP contribution in [0.4, 0.5) is 0 Å². The fraction of sp³-hybridized carbons (Fsp3) is 1.00. The van der Waals surface area contributed by atoms with Crippen molar-refractivity contribution in [2.75, 3.05) is 0 Å². The first-order valence-electron chi connectivity index (χ1n) is 4.09. The average molecular weight is 162 g/mol. The summed E-state index contributed by atoms with van der Waals surface area (Å²) < 4.78 is 0. The Labute approximate surface area is 68.8 Å². The lowest BCUT2D eigenvalue weighted by molar-refractivity contribution is 0.120. The van der Waals surface area contributed by atoms with Crippen LogP contribution in [-0.2, 0) is 0 Å². The molecule has 2 heteroatoms. The molecule has 0 aromatic carbocycles. The molecule has 1 spiro atoms. The highest BCUT2D eigenvalue weighted by Gasteiger charge is 2.44. The molecule has 2 aliphatic rings. The van der Waals surface area contributed by atoms with Crippen molar-refractivity contribution in [2.24, 2.45) is 11.1 Å². The highest BCUT2D eigenvalue weighted by atomic mass is 35.5. The van der Waals surface area contributed by atoms with E-state index >= 15 is 0 Å². The highest BCUT2D eigenvalue weighted by Crippen LogP contribution is 2.52. The molecule has 0 radical (unpaired) electrons. The molecule has 0 bridgehead atoms. The number of halogens is 1. The minimum atomic E-state index is 0. The zero-order valence-corrected chi connectivity index (χ0v) is 7.12. The van der Waals surface area contributed by atoms with Gasteiger partial charge in [0.15, 0.2) is 0 Å². The fourth-order valence-electron chi connectivity index (χ4n) is 2.42. The number of hydrogen-bond acceptors (Lipinski definition) is 1. The summed E-state index contributed by atoms with van der Waals surface area (Å²) in [6.07, 6.45) is 8.39. The molecule has 0 amide bonds. The number of hydrogen-bond donors (Lipinski definition) is 1. The van der Waals surface area contributed by atoms with E-state index in [9.17, 15) is 0 Å². The van der Waals surface area contributed by atoms with Crippen LogP contribution in [0.15, 0.2) is 0 Å². The Morgan fingerprint density at radius 1 is 1.10 bits per heavy atom. The second-order valence-corrected chi connectivity index (χ2v) is 3.71. The van der Waals surface area contributed by atoms with Gasteiger partial charge in [0.2, 0.25) is 0 Å². The van der Waals surface area contributed by atoms with Crippen molar-refractivity contribution in [3.8, 4) is 0 Å². The molecule has 0 aromatic rings. The molecule has 2 fully saturated rings. The van der Waals surface area contributed by atoms with Crippen LogP contribution in [0.5, 0.6) is 0 Å². The second kappa shape index (κ2) is 2.71. The molecule has 2 rings (SSSR count). The lowest BCUT2D eigenvalue weighted by atomic mass is 9.65. The number of rotatable bonds is 0. The van der Waals surface area contributed by atoms with Gasteiger partial charge in [-0.3, -0.25) is 0 Å². The predicted octanol–water partition coefficient (Wildman–Crippen LogP) is 2.09. The van der Waals surface area contributed by atoms with Gasteiger partial charge in [-0.15, -0.1) is 12.4 Å². The molecule has 10 heavy (non-hydrogen) atoms. The Morgan fingerprint density at radius 2 is 1.70 bits per heavy atom. The van der Waals surface area contributed by atoms with Gasteiger partial charge in [0.1, 0.15) is 0 Å². The largest absolute Gasteiger partial charge is 0.327 e. The molecule has 0 saturated heterocycles. The lowest BCUT2D eigenvalue weighted by Crippen LogP contribution is -2.42. The Hall–Kier alpha value is 0.250. The molecule has 2 saturated carbocycles. The van der Waals surface area contributed by atoms with E-state index < -0.39 is 0 Å². The summed E-state index contributed by atoms with van der Waals surface area (Å²) in [6.45, 7) is 0. The molecular weight excluding hydrogens is 146 g/mol. The molecule has 2 aliphatic carbocycles. The highest BCUT2D eigenvalue weighted by molar-refractivity contribution is 5.85. The van der Waals surface area contributed by atoms with Crippen molar-refractivity contribution in [3.05, 3.63) is 0 Å². The van der Waals surface area contributed by atoms with Crippen LogP contribution in [0.3, 0.4) is 0 Å². The Balaban J connectivity index is 0.000000500. The standard InChI is InChI=1S/C8H15N.ClH/c9-7-3-1-4-8(7)5-2-6-8;/h7H,1-6,9H2;1H. The van der Waals surface area contributed by atoms with Gasteiger partial charge >= 0.3 is 0 Å². The first-order chi connectivity index (χ1) is 4.33. The molecular formula is C8H16ClN. The van der Waals surface area contributed by atoms with Crippen molar-refractivity contribution in [1.82, 2.24) is 0 Å². The van der Waals surface area contributed by atoms with Crippen LogP contribution < -0.4 is 5.73 Å². The maximum atomic E-state index is 5.98. The monoisotopic (exact) mass is 161 g/mol. The Kier molecular flexibility index (Phi) is 2.26. The van der Waals surface area contributed by atoms with Gasteiger partial charge in [-0.1, -0.05) is 12.8 Å². The van der Waals surface area contributed by atoms with E-state index in [1.807, 2.05) is 0 Å². The minimum Gasteiger partial charge on any atom is -0.327 e. The van der Waals surface area contributed by atoms with Crippen LogP contribution in [0.2, 0.25) is 0 Å². The summed E-state index contributed by atoms with van der Waals surface area (Å²) in [6, 6.07) is 0.561. The minimum absolute atomic E-state index is 0. The van der Waals surface area contributed by atoms with Crippen molar-refractivity contribution in [1.29, 1.82) is 0 Å². The van der Waals surface area contributed by atoms with Crippen LogP contribution in [-0.4, -0.2) is 6.04 Å². The molecule has 60 valence electrons. The normalized spacial score (nSPS) is 35.1. The Morgan fingerprint density at radius 3 is 1.90 bits per heavy atom. The third-order valence-corrected chi connectivity index (χ3v) is 3.33. The molecule has 0 heterocycles. The average Bonchev–Trinajstić information content (AvgIpc) is 2.07. The maximum Gasteiger partial charge on any atom is 0.00955 e. The maximum absolute atomic E-state index is 5.98. The summed E-state index contributed by atoms with van der Waals surface area (Å²) in [5.41, 5.74) is 6.63. The Bertz CT molecular complexity index is 120. The summed E-state index contributed by atoms with van der Waals surface area (Å²) in [7, 11) is 0. The van der Waals surface area contributed by atoms with Crippen LogP contribution in [0.25, 0.3) is 0 Å². The summed E-state index contributed by atoms with van der Waals surface area (Å²) in [5.74, 6) is 0. The lowest BCUT2D eigenvalue weighted by Gasteiger charge is -2.42. The molecule has 1 nitrogen and oxygen atoms in total. The van der Waals surface area contributed by atoms with Crippen LogP contribution in [0, 0.1) is 5.41 Å². The summed E-state index contributed by atoms with van der Waals surface area (Å²) in [5, 5.41) is 0. The van der Waals surface area contributed by atoms with E-state index in [0.29, 0.717) is 11.5 Å². The predicted molar refractivity (Wildman–Crippen MR) is 45.4 cm³/mol.